The van der Waals surface area contributed by atoms with Crippen molar-refractivity contribution in [1.29, 1.82) is 0 Å². The number of hydrogen-bond donors (Lipinski definition) is 1. The predicted octanol–water partition coefficient (Wildman–Crippen LogP) is 4.74. The first kappa shape index (κ1) is 21.2. The number of thiophene rings is 1. The number of aromatic nitrogens is 2. The molecule has 168 valence electrons. The molecule has 5 rings (SSSR count). The summed E-state index contributed by atoms with van der Waals surface area (Å²) in [4.78, 5) is 33.5. The molecule has 1 saturated carbocycles. The monoisotopic (exact) mass is 450 g/mol. The van der Waals surface area contributed by atoms with Gasteiger partial charge in [-0.1, -0.05) is 38.2 Å². The third-order valence-electron chi connectivity index (χ3n) is 7.04. The summed E-state index contributed by atoms with van der Waals surface area (Å²) in [6.45, 7) is 2.73. The lowest BCUT2D eigenvalue weighted by molar-refractivity contribution is -0.134. The molecular weight excluding hydrogens is 420 g/mol. The summed E-state index contributed by atoms with van der Waals surface area (Å²) in [5, 5.41) is 5.38. The van der Waals surface area contributed by atoms with Gasteiger partial charge in [-0.2, -0.15) is 0 Å². The smallest absolute Gasteiger partial charge is 0.271 e. The minimum atomic E-state index is -0.976. The average Bonchev–Trinajstić information content (AvgIpc) is 3.36. The molecule has 3 aromatic rings. The normalized spacial score (nSPS) is 22.4. The van der Waals surface area contributed by atoms with E-state index in [0.717, 1.165) is 41.5 Å². The zero-order valence-corrected chi connectivity index (χ0v) is 19.4. The maximum Gasteiger partial charge on any atom is 0.271 e. The molecule has 1 aliphatic heterocycles. The molecule has 2 amide bonds. The summed E-state index contributed by atoms with van der Waals surface area (Å²) in [7, 11) is 0. The lowest BCUT2D eigenvalue weighted by Gasteiger charge is -2.44. The molecule has 2 aliphatic rings. The Kier molecular flexibility index (Phi) is 5.76. The Labute approximate surface area is 192 Å². The summed E-state index contributed by atoms with van der Waals surface area (Å²) in [5.41, 5.74) is 1.64. The Bertz CT molecular complexity index is 1110. The molecule has 3 aromatic heterocycles. The molecule has 0 bridgehead atoms. The van der Waals surface area contributed by atoms with Crippen molar-refractivity contribution in [1.82, 2.24) is 19.8 Å². The minimum absolute atomic E-state index is 0.0527. The number of carbonyl (C=O) groups excluding carboxylic acids is 2. The van der Waals surface area contributed by atoms with Crippen LogP contribution in [0.2, 0.25) is 0 Å². The van der Waals surface area contributed by atoms with Gasteiger partial charge in [0, 0.05) is 25.0 Å². The summed E-state index contributed by atoms with van der Waals surface area (Å²) < 4.78 is 3.12. The van der Waals surface area contributed by atoms with Crippen molar-refractivity contribution in [2.75, 3.05) is 0 Å². The van der Waals surface area contributed by atoms with E-state index in [2.05, 4.69) is 10.3 Å². The van der Waals surface area contributed by atoms with Gasteiger partial charge in [0.1, 0.15) is 11.2 Å². The second-order valence-electron chi connectivity index (χ2n) is 9.33. The van der Waals surface area contributed by atoms with E-state index in [9.17, 15) is 9.59 Å². The first-order valence-electron chi connectivity index (χ1n) is 11.6. The fraction of sp³-hybridized carbons (Fsp3) is 0.480. The van der Waals surface area contributed by atoms with Crippen LogP contribution in [0.4, 0.5) is 0 Å². The van der Waals surface area contributed by atoms with Gasteiger partial charge in [-0.05, 0) is 48.9 Å². The Hall–Kier alpha value is -2.67. The maximum atomic E-state index is 13.8. The van der Waals surface area contributed by atoms with Crippen molar-refractivity contribution < 1.29 is 9.59 Å². The SMILES string of the molecule is C[C@]1(C(=O)NC2CCCCCCC2)Cn2c(cc3sccc32)C(=O)N1Cc1cccnc1. The molecule has 1 atom stereocenters. The molecule has 1 N–H and O–H groups in total. The van der Waals surface area contributed by atoms with E-state index < -0.39 is 5.54 Å². The lowest BCUT2D eigenvalue weighted by Crippen LogP contribution is -2.64. The fourth-order valence-corrected chi connectivity index (χ4v) is 5.96. The number of rotatable bonds is 4. The van der Waals surface area contributed by atoms with Gasteiger partial charge in [0.05, 0.1) is 16.8 Å². The Morgan fingerprint density at radius 1 is 1.22 bits per heavy atom. The van der Waals surface area contributed by atoms with E-state index in [1.54, 1.807) is 28.6 Å². The van der Waals surface area contributed by atoms with Crippen molar-refractivity contribution >= 4 is 33.4 Å². The topological polar surface area (TPSA) is 67.2 Å². The van der Waals surface area contributed by atoms with Crippen molar-refractivity contribution in [3.05, 3.63) is 53.3 Å². The minimum Gasteiger partial charge on any atom is -0.351 e. The molecule has 0 radical (unpaired) electrons. The van der Waals surface area contributed by atoms with E-state index in [0.29, 0.717) is 18.8 Å². The van der Waals surface area contributed by atoms with Crippen LogP contribution in [0.25, 0.3) is 10.2 Å². The quantitative estimate of drug-likeness (QED) is 0.624. The molecule has 6 nitrogen and oxygen atoms in total. The van der Waals surface area contributed by atoms with Crippen LogP contribution in [0.3, 0.4) is 0 Å². The fourth-order valence-electron chi connectivity index (χ4n) is 5.14. The van der Waals surface area contributed by atoms with Gasteiger partial charge in [0.15, 0.2) is 0 Å². The Balaban J connectivity index is 1.49. The second kappa shape index (κ2) is 8.70. The van der Waals surface area contributed by atoms with Gasteiger partial charge in [-0.15, -0.1) is 11.3 Å². The third kappa shape index (κ3) is 3.83. The number of carbonyl (C=O) groups is 2. The highest BCUT2D eigenvalue weighted by Crippen LogP contribution is 2.35. The van der Waals surface area contributed by atoms with Crippen molar-refractivity contribution in [3.8, 4) is 0 Å². The largest absolute Gasteiger partial charge is 0.351 e. The van der Waals surface area contributed by atoms with Gasteiger partial charge < -0.3 is 14.8 Å². The summed E-state index contributed by atoms with van der Waals surface area (Å²) >= 11 is 1.63. The highest BCUT2D eigenvalue weighted by molar-refractivity contribution is 7.17. The molecule has 1 fully saturated rings. The van der Waals surface area contributed by atoms with Crippen LogP contribution in [0.15, 0.2) is 42.0 Å². The molecular formula is C25H30N4O2S. The van der Waals surface area contributed by atoms with E-state index in [1.807, 2.05) is 41.1 Å². The van der Waals surface area contributed by atoms with Gasteiger partial charge in [0.25, 0.3) is 5.91 Å². The van der Waals surface area contributed by atoms with Crippen LogP contribution >= 0.6 is 11.3 Å². The lowest BCUT2D eigenvalue weighted by atomic mass is 9.91. The standard InChI is InChI=1S/C25H30N4O2S/c1-25(24(31)27-19-9-5-3-2-4-6-10-19)17-28-20-11-13-32-22(20)14-21(28)23(30)29(25)16-18-8-7-12-26-15-18/h7-8,11-15,19H,2-6,9-10,16-17H2,1H3,(H,27,31)/t25-/m1/s1. The summed E-state index contributed by atoms with van der Waals surface area (Å²) in [5.74, 6) is -0.151. The van der Waals surface area contributed by atoms with Crippen LogP contribution < -0.4 is 5.32 Å². The van der Waals surface area contributed by atoms with E-state index in [1.165, 1.54) is 19.3 Å². The highest BCUT2D eigenvalue weighted by atomic mass is 32.1. The number of hydrogen-bond acceptors (Lipinski definition) is 4. The Morgan fingerprint density at radius 2 is 2.00 bits per heavy atom. The van der Waals surface area contributed by atoms with E-state index >= 15 is 0 Å². The Morgan fingerprint density at radius 3 is 2.75 bits per heavy atom. The van der Waals surface area contributed by atoms with Crippen LogP contribution in [0.5, 0.6) is 0 Å². The second-order valence-corrected chi connectivity index (χ2v) is 10.3. The number of nitrogens with one attached hydrogen (secondary N) is 1. The van der Waals surface area contributed by atoms with Crippen molar-refractivity contribution in [3.63, 3.8) is 0 Å². The molecule has 32 heavy (non-hydrogen) atoms. The van der Waals surface area contributed by atoms with Crippen LogP contribution in [-0.2, 0) is 17.9 Å². The first-order valence-corrected chi connectivity index (χ1v) is 12.5. The van der Waals surface area contributed by atoms with Crippen molar-refractivity contribution in [2.24, 2.45) is 0 Å². The van der Waals surface area contributed by atoms with E-state index in [-0.39, 0.29) is 17.9 Å². The molecule has 0 saturated heterocycles. The third-order valence-corrected chi connectivity index (χ3v) is 7.89. The molecule has 0 aromatic carbocycles. The van der Waals surface area contributed by atoms with Crippen LogP contribution in [-0.4, -0.2) is 37.8 Å². The number of pyridine rings is 1. The van der Waals surface area contributed by atoms with E-state index in [4.69, 9.17) is 0 Å². The average molecular weight is 451 g/mol. The van der Waals surface area contributed by atoms with Gasteiger partial charge in [-0.25, -0.2) is 0 Å². The number of nitrogens with zero attached hydrogens (tertiary/aromatic N) is 3. The maximum absolute atomic E-state index is 13.8. The molecule has 4 heterocycles. The van der Waals surface area contributed by atoms with Gasteiger partial charge in [-0.3, -0.25) is 14.6 Å². The van der Waals surface area contributed by atoms with Crippen LogP contribution in [0.1, 0.15) is 67.9 Å². The van der Waals surface area contributed by atoms with Crippen LogP contribution in [0, 0.1) is 0 Å². The summed E-state index contributed by atoms with van der Waals surface area (Å²) in [6.07, 6.45) is 11.6. The zero-order chi connectivity index (χ0) is 22.1. The zero-order valence-electron chi connectivity index (χ0n) is 18.5. The first-order chi connectivity index (χ1) is 15.6. The number of fused-ring (bicyclic) bond motifs is 3. The van der Waals surface area contributed by atoms with Gasteiger partial charge in [0.2, 0.25) is 5.91 Å². The summed E-state index contributed by atoms with van der Waals surface area (Å²) in [6, 6.07) is 8.02. The molecule has 1 aliphatic carbocycles. The predicted molar refractivity (Wildman–Crippen MR) is 127 cm³/mol. The molecule has 7 heteroatoms. The highest BCUT2D eigenvalue weighted by Gasteiger charge is 2.48. The van der Waals surface area contributed by atoms with Gasteiger partial charge >= 0.3 is 0 Å². The number of amides is 2. The molecule has 0 unspecified atom stereocenters. The molecule has 0 spiro atoms. The van der Waals surface area contributed by atoms with Crippen molar-refractivity contribution in [2.45, 2.75) is 76.5 Å².